The largest absolute Gasteiger partial charge is 0.434 e. The Morgan fingerprint density at radius 2 is 1.28 bits per heavy atom. The fraction of sp³-hybridized carbons (Fsp3) is 0.560. The van der Waals surface area contributed by atoms with Crippen LogP contribution in [0.4, 0.5) is 15.3 Å². The van der Waals surface area contributed by atoms with E-state index in [0.29, 0.717) is 23.6 Å². The molecule has 14 nitrogen and oxygen atoms in total. The predicted octanol–water partition coefficient (Wildman–Crippen LogP) is 9.45. The molecule has 4 atom stereocenters. The van der Waals surface area contributed by atoms with Gasteiger partial charge in [-0.25, -0.2) is 14.6 Å². The molecule has 3 amide bonds. The zero-order valence-electron chi connectivity index (χ0n) is 40.1. The fourth-order valence-corrected chi connectivity index (χ4v) is 8.61. The molecule has 3 aliphatic rings. The molecule has 2 fully saturated rings. The number of aromatic amines is 1. The Bertz CT molecular complexity index is 2520. The van der Waals surface area contributed by atoms with E-state index in [4.69, 9.17) is 29.4 Å². The van der Waals surface area contributed by atoms with Crippen LogP contribution in [0, 0.1) is 21.7 Å². The number of hydrogen-bond donors (Lipinski definition) is 2. The van der Waals surface area contributed by atoms with Gasteiger partial charge in [-0.2, -0.15) is 0 Å². The number of ketones is 1. The van der Waals surface area contributed by atoms with Crippen molar-refractivity contribution in [1.82, 2.24) is 35.1 Å². The third-order valence-electron chi connectivity index (χ3n) is 14.3. The molecule has 0 spiro atoms. The highest BCUT2D eigenvalue weighted by Crippen LogP contribution is 2.57. The molecular weight excluding hydrogens is 809 g/mol. The molecule has 3 heterocycles. The summed E-state index contributed by atoms with van der Waals surface area (Å²) in [6, 6.07) is 11.6. The summed E-state index contributed by atoms with van der Waals surface area (Å²) in [4.78, 5) is 79.7. The normalized spacial score (nSPS) is 18.9. The quantitative estimate of drug-likeness (QED) is 0.133. The molecule has 7 rings (SSSR count). The van der Waals surface area contributed by atoms with Crippen LogP contribution in [-0.2, 0) is 25.5 Å². The zero-order valence-corrected chi connectivity index (χ0v) is 40.1. The van der Waals surface area contributed by atoms with E-state index in [2.05, 4.69) is 57.9 Å². The minimum absolute atomic E-state index is 0.110. The highest BCUT2D eigenvalue weighted by molar-refractivity contribution is 6.02. The first-order valence-electron chi connectivity index (χ1n) is 22.4. The summed E-state index contributed by atoms with van der Waals surface area (Å²) in [5.41, 5.74) is 3.29. The van der Waals surface area contributed by atoms with Crippen LogP contribution < -0.4 is 5.32 Å². The average Bonchev–Trinajstić information content (AvgIpc) is 4.07. The zero-order chi connectivity index (χ0) is 46.9. The van der Waals surface area contributed by atoms with Gasteiger partial charge in [-0.15, -0.1) is 0 Å². The van der Waals surface area contributed by atoms with Gasteiger partial charge in [0.15, 0.2) is 17.0 Å². The third kappa shape index (κ3) is 8.76. The number of nitrogens with zero attached hydrogens (tertiary/aromatic N) is 6. The minimum Gasteiger partial charge on any atom is -0.434 e. The average molecular weight is 875 g/mol. The standard InChI is InChI=1S/C50H66N8O6/c1-45(2,3)32(26-39(59)49(9,47(7)19-20-47)63-43(61)57(11)12)41-54-34-18-16-30(24-35(34)55-41)38-28-51-37(27-52-38)29-15-17-33-31(23-29)25-36(53-33)40(46(4,5)6)56-42(60)50(10,48(8)21-22-48)64-44(62)58(13)14/h15-18,23-24,27-28,32,40H,19-22,25-26H2,1-14H3,(H,54,55)(H,56,60)/t32-,40-,49+,50+/m1/s1. The molecule has 342 valence electrons. The summed E-state index contributed by atoms with van der Waals surface area (Å²) < 4.78 is 11.9. The Balaban J connectivity index is 1.07. The summed E-state index contributed by atoms with van der Waals surface area (Å²) in [7, 11) is 6.47. The molecule has 0 bridgehead atoms. The van der Waals surface area contributed by atoms with Crippen molar-refractivity contribution < 1.29 is 28.7 Å². The number of benzene rings is 2. The Morgan fingerprint density at radius 1 is 0.750 bits per heavy atom. The van der Waals surface area contributed by atoms with Gasteiger partial charge in [0.25, 0.3) is 5.91 Å². The molecule has 64 heavy (non-hydrogen) atoms. The molecule has 2 aliphatic carbocycles. The van der Waals surface area contributed by atoms with E-state index in [1.54, 1.807) is 54.4 Å². The second-order valence-electron chi connectivity index (χ2n) is 21.8. The van der Waals surface area contributed by atoms with Gasteiger partial charge < -0.3 is 29.6 Å². The molecule has 14 heteroatoms. The smallest absolute Gasteiger partial charge is 0.410 e. The molecule has 2 aromatic heterocycles. The van der Waals surface area contributed by atoms with Gasteiger partial charge in [0.05, 0.1) is 46.5 Å². The van der Waals surface area contributed by atoms with Gasteiger partial charge in [0.2, 0.25) is 0 Å². The van der Waals surface area contributed by atoms with Gasteiger partial charge in [0.1, 0.15) is 5.82 Å². The topological polar surface area (TPSA) is 172 Å². The first-order chi connectivity index (χ1) is 29.7. The molecule has 0 radical (unpaired) electrons. The van der Waals surface area contributed by atoms with E-state index in [-0.39, 0.29) is 34.9 Å². The Kier molecular flexibility index (Phi) is 11.7. The second kappa shape index (κ2) is 16.1. The molecule has 2 saturated carbocycles. The summed E-state index contributed by atoms with van der Waals surface area (Å²) in [6.07, 6.45) is 6.38. The Hall–Kier alpha value is -5.66. The number of aliphatic imine (C=N–C) groups is 1. The summed E-state index contributed by atoms with van der Waals surface area (Å²) in [5, 5.41) is 3.26. The highest BCUT2D eigenvalue weighted by atomic mass is 16.6. The SMILES string of the molecule is CN(C)C(=O)O[C@@](C)(C(=O)C[C@H](c1nc2ccc(-c3cnc(-c4ccc5c(c4)CC([C@@H](NC(=O)[C@](C)(OC(=O)N(C)C)C4(C)CC4)C(C)(C)C)=N5)cn3)cc2[nH]1)C(C)(C)C)C1(C)CC1. The molecule has 4 aromatic rings. The maximum Gasteiger partial charge on any atom is 0.410 e. The van der Waals surface area contributed by atoms with Crippen LogP contribution >= 0.6 is 0 Å². The van der Waals surface area contributed by atoms with E-state index < -0.39 is 40.3 Å². The first kappa shape index (κ1) is 46.3. The number of amides is 3. The van der Waals surface area contributed by atoms with E-state index in [0.717, 1.165) is 64.8 Å². The van der Waals surface area contributed by atoms with Crippen LogP contribution in [0.1, 0.15) is 119 Å². The lowest BCUT2D eigenvalue weighted by atomic mass is 9.73. The number of fused-ring (bicyclic) bond motifs is 2. The van der Waals surface area contributed by atoms with Crippen LogP contribution in [-0.4, -0.2) is 105 Å². The summed E-state index contributed by atoms with van der Waals surface area (Å²) >= 11 is 0. The fourth-order valence-electron chi connectivity index (χ4n) is 8.61. The summed E-state index contributed by atoms with van der Waals surface area (Å²) in [5.74, 6) is -0.000440. The van der Waals surface area contributed by atoms with Crippen LogP contribution in [0.3, 0.4) is 0 Å². The number of carbonyl (C=O) groups is 4. The Morgan fingerprint density at radius 3 is 1.80 bits per heavy atom. The maximum atomic E-state index is 14.2. The maximum absolute atomic E-state index is 14.2. The number of ether oxygens (including phenoxy) is 2. The first-order valence-corrected chi connectivity index (χ1v) is 22.4. The minimum atomic E-state index is -1.34. The van der Waals surface area contributed by atoms with Crippen LogP contribution in [0.15, 0.2) is 53.8 Å². The molecule has 0 unspecified atom stereocenters. The van der Waals surface area contributed by atoms with Crippen LogP contribution in [0.2, 0.25) is 0 Å². The molecule has 2 aromatic carbocycles. The second-order valence-corrected chi connectivity index (χ2v) is 21.8. The number of nitrogens with one attached hydrogen (secondary N) is 2. The summed E-state index contributed by atoms with van der Waals surface area (Å²) in [6.45, 7) is 20.0. The van der Waals surface area contributed by atoms with Crippen molar-refractivity contribution in [2.75, 3.05) is 28.2 Å². The van der Waals surface area contributed by atoms with Crippen molar-refractivity contribution in [3.8, 4) is 22.5 Å². The van der Waals surface area contributed by atoms with Crippen LogP contribution in [0.25, 0.3) is 33.5 Å². The monoisotopic (exact) mass is 875 g/mol. The van der Waals surface area contributed by atoms with Crippen molar-refractivity contribution in [2.45, 2.75) is 131 Å². The van der Waals surface area contributed by atoms with Gasteiger partial charge in [-0.1, -0.05) is 67.5 Å². The third-order valence-corrected chi connectivity index (χ3v) is 14.3. The van der Waals surface area contributed by atoms with Crippen molar-refractivity contribution >= 4 is 46.3 Å². The van der Waals surface area contributed by atoms with E-state index >= 15 is 0 Å². The van der Waals surface area contributed by atoms with Crippen molar-refractivity contribution in [2.24, 2.45) is 26.7 Å². The number of aromatic nitrogens is 4. The number of hydrogen-bond acceptors (Lipinski definition) is 10. The Labute approximate surface area is 377 Å². The van der Waals surface area contributed by atoms with Gasteiger partial charge in [-0.05, 0) is 80.2 Å². The number of Topliss-reactive ketones (excluding diaryl/α,β-unsaturated/α-hetero) is 1. The van der Waals surface area contributed by atoms with Crippen LogP contribution in [0.5, 0.6) is 0 Å². The lowest BCUT2D eigenvalue weighted by Gasteiger charge is -2.39. The number of imidazole rings is 1. The lowest BCUT2D eigenvalue weighted by molar-refractivity contribution is -0.147. The van der Waals surface area contributed by atoms with Crippen molar-refractivity contribution in [3.63, 3.8) is 0 Å². The number of carbonyl (C=O) groups excluding carboxylic acids is 4. The molecule has 1 aliphatic heterocycles. The number of rotatable bonds is 13. The predicted molar refractivity (Wildman–Crippen MR) is 248 cm³/mol. The van der Waals surface area contributed by atoms with Gasteiger partial charge in [-0.3, -0.25) is 24.5 Å². The van der Waals surface area contributed by atoms with E-state index in [1.807, 2.05) is 44.2 Å². The van der Waals surface area contributed by atoms with Gasteiger partial charge >= 0.3 is 12.2 Å². The number of H-pyrrole nitrogens is 1. The lowest BCUT2D eigenvalue weighted by Crippen LogP contribution is -2.60. The van der Waals surface area contributed by atoms with Crippen molar-refractivity contribution in [3.05, 3.63) is 60.2 Å². The van der Waals surface area contributed by atoms with Gasteiger partial charge in [0, 0.05) is 74.6 Å². The van der Waals surface area contributed by atoms with E-state index in [1.165, 1.54) is 9.80 Å². The highest BCUT2D eigenvalue weighted by Gasteiger charge is 2.62. The van der Waals surface area contributed by atoms with Crippen molar-refractivity contribution in [1.29, 1.82) is 0 Å². The van der Waals surface area contributed by atoms with E-state index in [9.17, 15) is 19.2 Å². The molecular formula is C50H66N8O6. The molecule has 2 N–H and O–H groups in total. The molecule has 0 saturated heterocycles.